The van der Waals surface area contributed by atoms with Gasteiger partial charge < -0.3 is 9.64 Å². The van der Waals surface area contributed by atoms with Crippen molar-refractivity contribution >= 4 is 17.7 Å². The first-order valence-electron chi connectivity index (χ1n) is 8.93. The molecule has 1 saturated heterocycles. The summed E-state index contributed by atoms with van der Waals surface area (Å²) in [5.74, 6) is 1.23. The van der Waals surface area contributed by atoms with Crippen molar-refractivity contribution in [3.8, 4) is 5.69 Å². The lowest BCUT2D eigenvalue weighted by Crippen LogP contribution is -2.37. The van der Waals surface area contributed by atoms with Gasteiger partial charge in [0.15, 0.2) is 5.16 Å². The summed E-state index contributed by atoms with van der Waals surface area (Å²) in [6.07, 6.45) is 0. The fourth-order valence-corrected chi connectivity index (χ4v) is 3.98. The lowest BCUT2D eigenvalue weighted by molar-refractivity contribution is 0.122. The lowest BCUT2D eigenvalue weighted by Gasteiger charge is -2.28. The van der Waals surface area contributed by atoms with E-state index in [4.69, 9.17) is 4.74 Å². The van der Waals surface area contributed by atoms with Crippen molar-refractivity contribution in [1.82, 2.24) is 14.8 Å². The predicted molar refractivity (Wildman–Crippen MR) is 105 cm³/mol. The standard InChI is InChI=1S/C20H21FN4OS/c1-15-4-2-7-18(12-15)25-19(24-8-10-26-11-9-24)22-23-20(25)27-14-16-5-3-6-17(21)13-16/h2-7,12-13H,8-11,14H2,1H3. The van der Waals surface area contributed by atoms with Crippen LogP contribution in [0.4, 0.5) is 10.3 Å². The zero-order chi connectivity index (χ0) is 18.6. The number of hydrogen-bond acceptors (Lipinski definition) is 5. The predicted octanol–water partition coefficient (Wildman–Crippen LogP) is 3.84. The average molecular weight is 384 g/mol. The molecule has 5 nitrogen and oxygen atoms in total. The number of nitrogens with zero attached hydrogens (tertiary/aromatic N) is 4. The minimum Gasteiger partial charge on any atom is -0.378 e. The van der Waals surface area contributed by atoms with E-state index < -0.39 is 0 Å². The molecule has 4 rings (SSSR count). The van der Waals surface area contributed by atoms with Crippen molar-refractivity contribution in [3.05, 3.63) is 65.5 Å². The fourth-order valence-electron chi connectivity index (χ4n) is 3.09. The highest BCUT2D eigenvalue weighted by atomic mass is 32.2. The van der Waals surface area contributed by atoms with Gasteiger partial charge in [0, 0.05) is 18.8 Å². The van der Waals surface area contributed by atoms with E-state index >= 15 is 0 Å². The largest absolute Gasteiger partial charge is 0.378 e. The highest BCUT2D eigenvalue weighted by Crippen LogP contribution is 2.29. The quantitative estimate of drug-likeness (QED) is 0.625. The van der Waals surface area contributed by atoms with Gasteiger partial charge in [-0.1, -0.05) is 36.0 Å². The van der Waals surface area contributed by atoms with Gasteiger partial charge in [-0.15, -0.1) is 10.2 Å². The second kappa shape index (κ2) is 8.10. The van der Waals surface area contributed by atoms with Gasteiger partial charge in [-0.25, -0.2) is 4.39 Å². The molecule has 0 saturated carbocycles. The summed E-state index contributed by atoms with van der Waals surface area (Å²) in [4.78, 5) is 2.20. The molecule has 0 amide bonds. The molecular weight excluding hydrogens is 363 g/mol. The third kappa shape index (κ3) is 4.14. The van der Waals surface area contributed by atoms with Crippen LogP contribution in [0.5, 0.6) is 0 Å². The molecule has 0 bridgehead atoms. The molecule has 1 aromatic heterocycles. The van der Waals surface area contributed by atoms with Gasteiger partial charge in [-0.05, 0) is 42.3 Å². The van der Waals surface area contributed by atoms with Gasteiger partial charge in [-0.2, -0.15) is 0 Å². The molecule has 0 N–H and O–H groups in total. The van der Waals surface area contributed by atoms with Crippen molar-refractivity contribution in [2.75, 3.05) is 31.2 Å². The Balaban J connectivity index is 1.67. The molecule has 1 fully saturated rings. The Morgan fingerprint density at radius 2 is 1.89 bits per heavy atom. The Morgan fingerprint density at radius 3 is 2.67 bits per heavy atom. The maximum atomic E-state index is 13.5. The molecule has 7 heteroatoms. The van der Waals surface area contributed by atoms with Crippen LogP contribution in [0.25, 0.3) is 5.69 Å². The van der Waals surface area contributed by atoms with Crippen molar-refractivity contribution in [3.63, 3.8) is 0 Å². The number of aromatic nitrogens is 3. The van der Waals surface area contributed by atoms with Crippen LogP contribution in [-0.4, -0.2) is 41.1 Å². The van der Waals surface area contributed by atoms with E-state index in [1.54, 1.807) is 23.9 Å². The number of morpholine rings is 1. The summed E-state index contributed by atoms with van der Waals surface area (Å²) in [6.45, 7) is 5.03. The van der Waals surface area contributed by atoms with Gasteiger partial charge in [0.05, 0.1) is 18.9 Å². The van der Waals surface area contributed by atoms with E-state index in [1.807, 2.05) is 12.1 Å². The summed E-state index contributed by atoms with van der Waals surface area (Å²) >= 11 is 1.56. The van der Waals surface area contributed by atoms with Crippen LogP contribution in [0.15, 0.2) is 53.7 Å². The van der Waals surface area contributed by atoms with E-state index in [0.29, 0.717) is 19.0 Å². The monoisotopic (exact) mass is 384 g/mol. The van der Waals surface area contributed by atoms with Gasteiger partial charge in [0.2, 0.25) is 5.95 Å². The molecule has 1 aliphatic rings. The minimum atomic E-state index is -0.220. The molecule has 3 aromatic rings. The van der Waals surface area contributed by atoms with Crippen LogP contribution in [0.3, 0.4) is 0 Å². The fraction of sp³-hybridized carbons (Fsp3) is 0.300. The van der Waals surface area contributed by atoms with Crippen LogP contribution in [-0.2, 0) is 10.5 Å². The number of halogens is 1. The zero-order valence-electron chi connectivity index (χ0n) is 15.1. The third-order valence-corrected chi connectivity index (χ3v) is 5.43. The zero-order valence-corrected chi connectivity index (χ0v) is 16.0. The summed E-state index contributed by atoms with van der Waals surface area (Å²) in [6, 6.07) is 15.0. The molecule has 0 aliphatic carbocycles. The molecule has 140 valence electrons. The maximum absolute atomic E-state index is 13.5. The Labute approximate surface area is 162 Å². The Morgan fingerprint density at radius 1 is 1.07 bits per heavy atom. The minimum absolute atomic E-state index is 0.220. The summed E-state index contributed by atoms with van der Waals surface area (Å²) in [5, 5.41) is 9.70. The van der Waals surface area contributed by atoms with Gasteiger partial charge in [0.1, 0.15) is 5.82 Å². The van der Waals surface area contributed by atoms with Gasteiger partial charge in [-0.3, -0.25) is 4.57 Å². The summed E-state index contributed by atoms with van der Waals surface area (Å²) in [7, 11) is 0. The number of thioether (sulfide) groups is 1. The van der Waals surface area contributed by atoms with Crippen molar-refractivity contribution < 1.29 is 9.13 Å². The lowest BCUT2D eigenvalue weighted by atomic mass is 10.2. The second-order valence-corrected chi connectivity index (χ2v) is 7.42. The topological polar surface area (TPSA) is 43.2 Å². The number of rotatable bonds is 5. The molecule has 2 aromatic carbocycles. The van der Waals surface area contributed by atoms with Crippen molar-refractivity contribution in [2.45, 2.75) is 17.8 Å². The molecule has 27 heavy (non-hydrogen) atoms. The highest BCUT2D eigenvalue weighted by molar-refractivity contribution is 7.98. The number of hydrogen-bond donors (Lipinski definition) is 0. The molecule has 1 aliphatic heterocycles. The van der Waals surface area contributed by atoms with E-state index in [2.05, 4.69) is 44.8 Å². The number of anilines is 1. The van der Waals surface area contributed by atoms with Gasteiger partial charge >= 0.3 is 0 Å². The molecule has 0 unspecified atom stereocenters. The number of ether oxygens (including phenoxy) is 1. The first-order valence-corrected chi connectivity index (χ1v) is 9.92. The van der Waals surface area contributed by atoms with E-state index in [9.17, 15) is 4.39 Å². The number of benzene rings is 2. The first-order chi connectivity index (χ1) is 13.2. The van der Waals surface area contributed by atoms with Crippen molar-refractivity contribution in [2.24, 2.45) is 0 Å². The highest BCUT2D eigenvalue weighted by Gasteiger charge is 2.21. The van der Waals surface area contributed by atoms with E-state index in [0.717, 1.165) is 35.4 Å². The molecule has 2 heterocycles. The van der Waals surface area contributed by atoms with Crippen LogP contribution in [0, 0.1) is 12.7 Å². The van der Waals surface area contributed by atoms with Crippen LogP contribution >= 0.6 is 11.8 Å². The summed E-state index contributed by atoms with van der Waals surface area (Å²) in [5.41, 5.74) is 3.13. The third-order valence-electron chi connectivity index (χ3n) is 4.43. The van der Waals surface area contributed by atoms with Crippen LogP contribution in [0.2, 0.25) is 0 Å². The molecular formula is C20H21FN4OS. The van der Waals surface area contributed by atoms with Crippen molar-refractivity contribution in [1.29, 1.82) is 0 Å². The van der Waals surface area contributed by atoms with E-state index in [-0.39, 0.29) is 5.82 Å². The van der Waals surface area contributed by atoms with Gasteiger partial charge in [0.25, 0.3) is 0 Å². The van der Waals surface area contributed by atoms with Crippen LogP contribution < -0.4 is 4.90 Å². The molecule has 0 spiro atoms. The van der Waals surface area contributed by atoms with Crippen LogP contribution in [0.1, 0.15) is 11.1 Å². The first kappa shape index (κ1) is 18.0. The normalized spacial score (nSPS) is 14.5. The SMILES string of the molecule is Cc1cccc(-n2c(SCc3cccc(F)c3)nnc2N2CCOCC2)c1. The number of aryl methyl sites for hydroxylation is 1. The second-order valence-electron chi connectivity index (χ2n) is 6.48. The van der Waals surface area contributed by atoms with E-state index in [1.165, 1.54) is 11.6 Å². The summed E-state index contributed by atoms with van der Waals surface area (Å²) < 4.78 is 21.0. The molecule has 0 radical (unpaired) electrons. The average Bonchev–Trinajstić information content (AvgIpc) is 3.11. The molecule has 0 atom stereocenters. The Kier molecular flexibility index (Phi) is 5.40. The Hall–Kier alpha value is -2.38. The Bertz CT molecular complexity index is 924. The maximum Gasteiger partial charge on any atom is 0.232 e. The smallest absolute Gasteiger partial charge is 0.232 e.